The van der Waals surface area contributed by atoms with Crippen molar-refractivity contribution >= 4 is 0 Å². The second-order valence-corrected chi connectivity index (χ2v) is 2.21. The van der Waals surface area contributed by atoms with Gasteiger partial charge in [-0.05, 0) is 0 Å². The van der Waals surface area contributed by atoms with Crippen LogP contribution in [0.5, 0.6) is 0 Å². The second-order valence-electron chi connectivity index (χ2n) is 2.21. The fraction of sp³-hybridized carbons (Fsp3) is 0.875. The molecule has 0 unspecified atom stereocenters. The molecule has 0 aromatic heterocycles. The Labute approximate surface area is 53.3 Å². The van der Waals surface area contributed by atoms with Crippen molar-refractivity contribution < 1.29 is 0 Å². The van der Waals surface area contributed by atoms with Crippen molar-refractivity contribution in [1.82, 2.24) is 0 Å². The van der Waals surface area contributed by atoms with Gasteiger partial charge in [0.25, 0.3) is 0 Å². The van der Waals surface area contributed by atoms with E-state index in [9.17, 15) is 0 Å². The molecular formula is C8H17-. The summed E-state index contributed by atoms with van der Waals surface area (Å²) in [7, 11) is 0. The fourth-order valence-electron chi connectivity index (χ4n) is 0.957. The highest BCUT2D eigenvalue weighted by molar-refractivity contribution is 4.84. The molecule has 0 spiro atoms. The zero-order chi connectivity index (χ0) is 6.41. The van der Waals surface area contributed by atoms with E-state index in [0.29, 0.717) is 0 Å². The van der Waals surface area contributed by atoms with E-state index in [1.807, 2.05) is 0 Å². The number of hydrogen-bond acceptors (Lipinski definition) is 0. The topological polar surface area (TPSA) is 0 Å². The lowest BCUT2D eigenvalue weighted by Crippen LogP contribution is -1.91. The van der Waals surface area contributed by atoms with E-state index in [1.165, 1.54) is 25.7 Å². The van der Waals surface area contributed by atoms with Crippen molar-refractivity contribution in [2.75, 3.05) is 0 Å². The lowest BCUT2D eigenvalue weighted by atomic mass is 9.98. The summed E-state index contributed by atoms with van der Waals surface area (Å²) in [4.78, 5) is 0. The lowest BCUT2D eigenvalue weighted by molar-refractivity contribution is 0.688. The van der Waals surface area contributed by atoms with Crippen molar-refractivity contribution in [1.29, 1.82) is 0 Å². The van der Waals surface area contributed by atoms with Crippen LogP contribution in [0.25, 0.3) is 0 Å². The van der Waals surface area contributed by atoms with Gasteiger partial charge in [-0.25, -0.2) is 0 Å². The SMILES string of the molecule is CCC[C-](CC)CC. The first-order valence-corrected chi connectivity index (χ1v) is 3.68. The van der Waals surface area contributed by atoms with Crippen LogP contribution in [0.1, 0.15) is 46.5 Å². The Kier molecular flexibility index (Phi) is 5.14. The van der Waals surface area contributed by atoms with Crippen LogP contribution >= 0.6 is 0 Å². The molecule has 0 amide bonds. The normalized spacial score (nSPS) is 10.5. The molecule has 0 heterocycles. The molecule has 0 fully saturated rings. The summed E-state index contributed by atoms with van der Waals surface area (Å²) in [6.07, 6.45) is 5.22. The van der Waals surface area contributed by atoms with E-state index in [2.05, 4.69) is 20.8 Å². The van der Waals surface area contributed by atoms with Gasteiger partial charge in [-0.15, -0.1) is 0 Å². The monoisotopic (exact) mass is 113 g/mol. The molecule has 0 aliphatic heterocycles. The van der Waals surface area contributed by atoms with E-state index in [4.69, 9.17) is 0 Å². The summed E-state index contributed by atoms with van der Waals surface area (Å²) >= 11 is 0. The molecule has 0 rings (SSSR count). The average Bonchev–Trinajstić information content (AvgIpc) is 1.83. The van der Waals surface area contributed by atoms with E-state index >= 15 is 0 Å². The number of hydrogen-bond donors (Lipinski definition) is 0. The molecule has 0 radical (unpaired) electrons. The fourth-order valence-corrected chi connectivity index (χ4v) is 0.957. The van der Waals surface area contributed by atoms with Crippen molar-refractivity contribution in [2.24, 2.45) is 0 Å². The van der Waals surface area contributed by atoms with E-state index in [-0.39, 0.29) is 0 Å². The summed E-state index contributed by atoms with van der Waals surface area (Å²) in [5, 5.41) is 0. The Morgan fingerprint density at radius 2 is 1.50 bits per heavy atom. The first kappa shape index (κ1) is 8.00. The molecule has 0 aromatic carbocycles. The van der Waals surface area contributed by atoms with Crippen LogP contribution < -0.4 is 0 Å². The summed E-state index contributed by atoms with van der Waals surface area (Å²) in [6.45, 7) is 6.73. The molecular weight excluding hydrogens is 96.1 g/mol. The molecule has 0 saturated heterocycles. The molecule has 0 heteroatoms. The molecule has 0 atom stereocenters. The maximum absolute atomic E-state index is 2.24. The van der Waals surface area contributed by atoms with Crippen LogP contribution in [0.4, 0.5) is 0 Å². The Morgan fingerprint density at radius 1 is 1.00 bits per heavy atom. The van der Waals surface area contributed by atoms with Gasteiger partial charge in [-0.1, -0.05) is 27.2 Å². The Balaban J connectivity index is 3.07. The van der Waals surface area contributed by atoms with Gasteiger partial charge in [-0.3, -0.25) is 0 Å². The standard InChI is InChI=1S/C8H17/c1-4-7-8(5-2)6-3/h4-7H2,1-3H3/q-1. The molecule has 0 bridgehead atoms. The predicted octanol–water partition coefficient (Wildman–Crippen LogP) is 3.18. The van der Waals surface area contributed by atoms with Gasteiger partial charge >= 0.3 is 0 Å². The highest BCUT2D eigenvalue weighted by atomic mass is 14.0. The summed E-state index contributed by atoms with van der Waals surface area (Å²) in [5.41, 5.74) is 0. The Morgan fingerprint density at radius 3 is 1.62 bits per heavy atom. The Bertz CT molecular complexity index is 35.3. The average molecular weight is 113 g/mol. The summed E-state index contributed by atoms with van der Waals surface area (Å²) in [6, 6.07) is 0. The first-order chi connectivity index (χ1) is 3.85. The van der Waals surface area contributed by atoms with Gasteiger partial charge in [0.15, 0.2) is 0 Å². The van der Waals surface area contributed by atoms with Crippen LogP contribution in [0.15, 0.2) is 0 Å². The maximum Gasteiger partial charge on any atom is -0.0678 e. The van der Waals surface area contributed by atoms with Gasteiger partial charge in [0.2, 0.25) is 0 Å². The third kappa shape index (κ3) is 3.06. The zero-order valence-corrected chi connectivity index (χ0v) is 6.33. The largest absolute Gasteiger partial charge is 0.314 e. The van der Waals surface area contributed by atoms with Gasteiger partial charge < -0.3 is 5.92 Å². The molecule has 0 aliphatic carbocycles. The Hall–Kier alpha value is 0. The van der Waals surface area contributed by atoms with E-state index in [1.54, 1.807) is 5.92 Å². The molecule has 8 heavy (non-hydrogen) atoms. The molecule has 0 saturated carbocycles. The van der Waals surface area contributed by atoms with Crippen molar-refractivity contribution in [3.8, 4) is 0 Å². The molecule has 50 valence electrons. The molecule has 0 aliphatic rings. The lowest BCUT2D eigenvalue weighted by Gasteiger charge is -2.24. The highest BCUT2D eigenvalue weighted by Crippen LogP contribution is 2.15. The van der Waals surface area contributed by atoms with Crippen LogP contribution in [0.2, 0.25) is 0 Å². The van der Waals surface area contributed by atoms with Gasteiger partial charge in [0, 0.05) is 0 Å². The van der Waals surface area contributed by atoms with Crippen molar-refractivity contribution in [2.45, 2.75) is 46.5 Å². The van der Waals surface area contributed by atoms with Gasteiger partial charge in [-0.2, -0.15) is 19.3 Å². The predicted molar refractivity (Wildman–Crippen MR) is 38.7 cm³/mol. The molecule has 0 N–H and O–H groups in total. The van der Waals surface area contributed by atoms with Gasteiger partial charge in [0.1, 0.15) is 0 Å². The molecule has 0 aromatic rings. The van der Waals surface area contributed by atoms with E-state index < -0.39 is 0 Å². The van der Waals surface area contributed by atoms with E-state index in [0.717, 1.165) is 0 Å². The zero-order valence-electron chi connectivity index (χ0n) is 6.33. The van der Waals surface area contributed by atoms with Crippen molar-refractivity contribution in [3.63, 3.8) is 0 Å². The van der Waals surface area contributed by atoms with Crippen molar-refractivity contribution in [3.05, 3.63) is 5.92 Å². The third-order valence-corrected chi connectivity index (χ3v) is 1.60. The van der Waals surface area contributed by atoms with Crippen LogP contribution in [-0.4, -0.2) is 0 Å². The van der Waals surface area contributed by atoms with Crippen LogP contribution in [-0.2, 0) is 0 Å². The smallest absolute Gasteiger partial charge is 0.0678 e. The summed E-state index contributed by atoms with van der Waals surface area (Å²) in [5.74, 6) is 1.72. The minimum atomic E-state index is 1.28. The minimum Gasteiger partial charge on any atom is -0.314 e. The quantitative estimate of drug-likeness (QED) is 0.491. The van der Waals surface area contributed by atoms with Crippen LogP contribution in [0, 0.1) is 5.92 Å². The second kappa shape index (κ2) is 5.14. The maximum atomic E-state index is 2.24. The van der Waals surface area contributed by atoms with Gasteiger partial charge in [0.05, 0.1) is 0 Å². The number of rotatable bonds is 4. The highest BCUT2D eigenvalue weighted by Gasteiger charge is 1.83. The first-order valence-electron chi connectivity index (χ1n) is 3.68. The minimum absolute atomic E-state index is 1.28. The van der Waals surface area contributed by atoms with Crippen LogP contribution in [0.3, 0.4) is 0 Å². The third-order valence-electron chi connectivity index (χ3n) is 1.60. The molecule has 0 nitrogen and oxygen atoms in total. The summed E-state index contributed by atoms with van der Waals surface area (Å²) < 4.78 is 0.